The first kappa shape index (κ1) is 68.7. The summed E-state index contributed by atoms with van der Waals surface area (Å²) in [4.78, 5) is 0. The maximum Gasteiger partial charge on any atom is 0.187 e. The largest absolute Gasteiger partial charge is 0.394 e. The molecule has 36 nitrogen and oxygen atoms in total. The Morgan fingerprint density at radius 1 is 0.271 bits per heavy atom. The highest BCUT2D eigenvalue weighted by molar-refractivity contribution is 5.13. The van der Waals surface area contributed by atoms with Crippen molar-refractivity contribution in [3.8, 4) is 0 Å². The van der Waals surface area contributed by atoms with E-state index in [0.29, 0.717) is 5.56 Å². The molecular formula is C49H78O36. The topological polar surface area (TPSA) is 574 Å². The van der Waals surface area contributed by atoms with Crippen LogP contribution in [0.25, 0.3) is 0 Å². The Morgan fingerprint density at radius 2 is 0.588 bits per heavy atom. The molecule has 7 fully saturated rings. The first-order valence-electron chi connectivity index (χ1n) is 27.2. The second-order valence-electron chi connectivity index (χ2n) is 21.4. The van der Waals surface area contributed by atoms with Crippen LogP contribution in [0.2, 0.25) is 0 Å². The summed E-state index contributed by atoms with van der Waals surface area (Å²) in [6, 6.07) is 8.48. The Bertz CT molecular complexity index is 2150. The Balaban J connectivity index is 1.06. The molecule has 0 radical (unpaired) electrons. The van der Waals surface area contributed by atoms with E-state index in [1.54, 1.807) is 30.3 Å². The van der Waals surface area contributed by atoms with Gasteiger partial charge >= 0.3 is 0 Å². The Labute approximate surface area is 481 Å². The predicted octanol–water partition coefficient (Wildman–Crippen LogP) is -14.1. The van der Waals surface area contributed by atoms with Gasteiger partial charge in [-0.1, -0.05) is 30.3 Å². The van der Waals surface area contributed by atoms with Crippen LogP contribution in [0, 0.1) is 0 Å². The fourth-order valence-corrected chi connectivity index (χ4v) is 10.7. The van der Waals surface area contributed by atoms with Gasteiger partial charge in [0.2, 0.25) is 0 Å². The van der Waals surface area contributed by atoms with Crippen LogP contribution < -0.4 is 0 Å². The zero-order valence-electron chi connectivity index (χ0n) is 44.8. The van der Waals surface area contributed by atoms with Gasteiger partial charge in [0.05, 0.1) is 52.9 Å². The third-order valence-electron chi connectivity index (χ3n) is 15.8. The van der Waals surface area contributed by atoms with Crippen LogP contribution in [0.15, 0.2) is 30.3 Å². The molecule has 8 rings (SSSR count). The average molecular weight is 1240 g/mol. The lowest BCUT2D eigenvalue weighted by molar-refractivity contribution is -0.398. The first-order valence-corrected chi connectivity index (χ1v) is 27.2. The quantitative estimate of drug-likeness (QED) is 0.0513. The molecule has 22 N–H and O–H groups in total. The molecule has 1 aromatic carbocycles. The van der Waals surface area contributed by atoms with E-state index in [1.807, 2.05) is 0 Å². The van der Waals surface area contributed by atoms with E-state index >= 15 is 0 Å². The van der Waals surface area contributed by atoms with E-state index in [2.05, 4.69) is 0 Å². The van der Waals surface area contributed by atoms with Gasteiger partial charge in [0.15, 0.2) is 44.0 Å². The summed E-state index contributed by atoms with van der Waals surface area (Å²) in [6.45, 7) is -6.74. The normalized spacial score (nSPS) is 50.0. The van der Waals surface area contributed by atoms with E-state index in [1.165, 1.54) is 0 Å². The molecule has 7 heterocycles. The highest BCUT2D eigenvalue weighted by Crippen LogP contribution is 2.37. The number of rotatable bonds is 22. The molecule has 7 aliphatic rings. The van der Waals surface area contributed by atoms with Crippen molar-refractivity contribution in [2.75, 3.05) is 46.2 Å². The van der Waals surface area contributed by atoms with Crippen LogP contribution >= 0.6 is 0 Å². The van der Waals surface area contributed by atoms with Gasteiger partial charge in [0, 0.05) is 0 Å². The molecule has 0 spiro atoms. The van der Waals surface area contributed by atoms with E-state index in [9.17, 15) is 112 Å². The van der Waals surface area contributed by atoms with Gasteiger partial charge in [-0.25, -0.2) is 0 Å². The third kappa shape index (κ3) is 14.9. The van der Waals surface area contributed by atoms with Crippen LogP contribution in [0.1, 0.15) is 5.56 Å². The summed E-state index contributed by atoms with van der Waals surface area (Å²) in [7, 11) is 0. The minimum atomic E-state index is -2.40. The molecule has 35 atom stereocenters. The van der Waals surface area contributed by atoms with Crippen LogP contribution in [0.5, 0.6) is 0 Å². The Morgan fingerprint density at radius 3 is 1.02 bits per heavy atom. The lowest BCUT2D eigenvalue weighted by atomic mass is 9.95. The van der Waals surface area contributed by atoms with Crippen molar-refractivity contribution in [1.82, 2.24) is 0 Å². The van der Waals surface area contributed by atoms with Crippen molar-refractivity contribution in [2.24, 2.45) is 0 Å². The summed E-state index contributed by atoms with van der Waals surface area (Å²) in [5, 5.41) is 238. The minimum absolute atomic E-state index is 0.178. The molecule has 0 amide bonds. The molecule has 0 bridgehead atoms. The van der Waals surface area contributed by atoms with Crippen molar-refractivity contribution >= 4 is 0 Å². The molecule has 85 heavy (non-hydrogen) atoms. The zero-order valence-corrected chi connectivity index (χ0v) is 44.8. The standard InChI is InChI=1S/C49H78O36/c50-6-15-22(55)29(62)32(65)44(76-15)73-12-20-27(60)40(83-45-33(66)30(63)23(56)16(7-51)77-45)36(69)48(80-20)84-39-26(59)19(10-54)78-46(35(39)68)85-41-28(61)21(81-47(37(41)70)82-38-25(58)18(9-53)75-43(71)34(38)67)13-74-49-42(31(64)24(57)17(8-52)79-49)72-11-14-4-2-1-3-5-14/h1-5,15-71H,6-13H2/t15-,16-,17-,18-,19-,20-,21-,22-,23-,24-,25-,26-,27-,28-,29+,30+,31+,32-,33-,34-,35-,36-,37-,38+,39+,40+,41+,42-,43-,44-,45+,46+,47+,48+,49-/m1/s1. The van der Waals surface area contributed by atoms with Gasteiger partial charge in [-0.2, -0.15) is 0 Å². The van der Waals surface area contributed by atoms with Gasteiger partial charge in [0.1, 0.15) is 171 Å². The second kappa shape index (κ2) is 30.3. The number of hydrogen-bond acceptors (Lipinski definition) is 36. The second-order valence-corrected chi connectivity index (χ2v) is 21.4. The number of ether oxygens (including phenoxy) is 14. The van der Waals surface area contributed by atoms with E-state index in [0.717, 1.165) is 0 Å². The molecule has 36 heteroatoms. The minimum Gasteiger partial charge on any atom is -0.394 e. The van der Waals surface area contributed by atoms with Crippen LogP contribution in [-0.4, -0.2) is 374 Å². The molecule has 0 saturated carbocycles. The van der Waals surface area contributed by atoms with Gasteiger partial charge in [-0.3, -0.25) is 0 Å². The molecule has 7 saturated heterocycles. The number of benzene rings is 1. The number of aliphatic hydroxyl groups excluding tert-OH is 22. The highest BCUT2D eigenvalue weighted by atomic mass is 16.8. The summed E-state index contributed by atoms with van der Waals surface area (Å²) < 4.78 is 80.0. The number of hydrogen-bond donors (Lipinski definition) is 22. The van der Waals surface area contributed by atoms with Gasteiger partial charge in [-0.15, -0.1) is 0 Å². The SMILES string of the molecule is OC[C@H]1O[C@@H](OC[C@H]2O[C@@H](O[C@@H]3[C@@H](O)[C@H](O[C@@H]4[C@@H](O)[C@H](O[C@@H]5[C@@H](O)[C@H](O)O[C@H](CO)[C@H]5O)O[C@H](CO[C@@H]5O[C@H](CO)[C@@H](O)[C@H](O)[C@H]5OCc5ccccc5)[C@H]4O)O[C@H](CO)[C@H]3O)[C@H](O)[C@@H](O[C@@H]3O[C@H](CO)[C@@H](O)[C@H](O)[C@H]3O)[C@@H]2O)[C@H](O)[C@@H](O)[C@@H]1O. The summed E-state index contributed by atoms with van der Waals surface area (Å²) in [6.07, 6.45) is -69.3. The van der Waals surface area contributed by atoms with E-state index < -0.39 is 261 Å². The maximum absolute atomic E-state index is 12.0. The fourth-order valence-electron chi connectivity index (χ4n) is 10.7. The van der Waals surface area contributed by atoms with Crippen molar-refractivity contribution in [3.05, 3.63) is 35.9 Å². The smallest absolute Gasteiger partial charge is 0.187 e. The van der Waals surface area contributed by atoms with E-state index in [4.69, 9.17) is 66.3 Å². The van der Waals surface area contributed by atoms with Gasteiger partial charge < -0.3 is 179 Å². The van der Waals surface area contributed by atoms with Crippen molar-refractivity contribution in [1.29, 1.82) is 0 Å². The van der Waals surface area contributed by atoms with Crippen molar-refractivity contribution < 1.29 is 179 Å². The lowest BCUT2D eigenvalue weighted by Crippen LogP contribution is -2.68. The molecule has 490 valence electrons. The molecule has 0 unspecified atom stereocenters. The lowest BCUT2D eigenvalue weighted by Gasteiger charge is -2.50. The molecule has 0 aliphatic carbocycles. The summed E-state index contributed by atoms with van der Waals surface area (Å²) >= 11 is 0. The van der Waals surface area contributed by atoms with Crippen LogP contribution in [0.3, 0.4) is 0 Å². The average Bonchev–Trinajstić information content (AvgIpc) is 2.14. The van der Waals surface area contributed by atoms with Gasteiger partial charge in [-0.05, 0) is 5.56 Å². The van der Waals surface area contributed by atoms with Crippen LogP contribution in [-0.2, 0) is 72.9 Å². The fraction of sp³-hybridized carbons (Fsp3) is 0.878. The van der Waals surface area contributed by atoms with Crippen LogP contribution in [0.4, 0.5) is 0 Å². The monoisotopic (exact) mass is 1240 g/mol. The van der Waals surface area contributed by atoms with E-state index in [-0.39, 0.29) is 6.61 Å². The first-order chi connectivity index (χ1) is 40.5. The Hall–Kier alpha value is -2.22. The predicted molar refractivity (Wildman–Crippen MR) is 261 cm³/mol. The maximum atomic E-state index is 12.0. The van der Waals surface area contributed by atoms with Crippen molar-refractivity contribution in [3.63, 3.8) is 0 Å². The molecule has 7 aliphatic heterocycles. The van der Waals surface area contributed by atoms with Crippen molar-refractivity contribution in [2.45, 2.75) is 222 Å². The number of aliphatic hydroxyl groups is 22. The Kier molecular flexibility index (Phi) is 24.5. The summed E-state index contributed by atoms with van der Waals surface area (Å²) in [5.41, 5.74) is 0.601. The zero-order chi connectivity index (χ0) is 61.9. The summed E-state index contributed by atoms with van der Waals surface area (Å²) in [5.74, 6) is 0. The third-order valence-corrected chi connectivity index (χ3v) is 15.8. The highest BCUT2D eigenvalue weighted by Gasteiger charge is 2.58. The molecule has 1 aromatic rings. The molecule has 0 aromatic heterocycles. The molecular weight excluding hydrogens is 1160 g/mol. The van der Waals surface area contributed by atoms with Gasteiger partial charge in [0.25, 0.3) is 0 Å².